The van der Waals surface area contributed by atoms with Crippen LogP contribution in [0.3, 0.4) is 0 Å². The second-order valence-corrected chi connectivity index (χ2v) is 5.23. The van der Waals surface area contributed by atoms with Crippen molar-refractivity contribution in [1.82, 2.24) is 0 Å². The Morgan fingerprint density at radius 2 is 1.94 bits per heavy atom. The molecule has 0 radical (unpaired) electrons. The maximum Gasteiger partial charge on any atom is 0.269 e. The van der Waals surface area contributed by atoms with E-state index in [1.807, 2.05) is 0 Å². The maximum atomic E-state index is 11.1. The van der Waals surface area contributed by atoms with Gasteiger partial charge in [0.15, 0.2) is 9.84 Å². The Hall–Kier alpha value is -2.20. The average molecular weight is 252 g/mol. The first-order valence-electron chi connectivity index (χ1n) is 4.41. The summed E-state index contributed by atoms with van der Waals surface area (Å²) in [6.45, 7) is 0. The first kappa shape index (κ1) is 12.9. The molecular formula is C10H8N2O4S. The van der Waals surface area contributed by atoms with Gasteiger partial charge in [-0.1, -0.05) is 0 Å². The smallest absolute Gasteiger partial charge is 0.258 e. The molecule has 0 amide bonds. The molecule has 0 fully saturated rings. The summed E-state index contributed by atoms with van der Waals surface area (Å²) in [5, 5.41) is 19.1. The van der Waals surface area contributed by atoms with Gasteiger partial charge >= 0.3 is 0 Å². The number of nitro benzene ring substituents is 1. The van der Waals surface area contributed by atoms with Crippen molar-refractivity contribution >= 4 is 21.6 Å². The van der Waals surface area contributed by atoms with Crippen molar-refractivity contribution in [3.63, 3.8) is 0 Å². The topological polar surface area (TPSA) is 101 Å². The molecule has 0 bridgehead atoms. The molecule has 0 N–H and O–H groups in total. The summed E-state index contributed by atoms with van der Waals surface area (Å²) in [6, 6.07) is 6.80. The Kier molecular flexibility index (Phi) is 3.60. The van der Waals surface area contributed by atoms with E-state index in [0.29, 0.717) is 5.56 Å². The maximum absolute atomic E-state index is 11.1. The SMILES string of the molecule is CS(=O)(=O)/C(C#N)=C/c1ccc([N+](=O)[O-])cc1. The van der Waals surface area contributed by atoms with Crippen LogP contribution in [0.15, 0.2) is 29.2 Å². The zero-order chi connectivity index (χ0) is 13.1. The minimum absolute atomic E-state index is 0.0972. The van der Waals surface area contributed by atoms with Crippen molar-refractivity contribution in [2.45, 2.75) is 0 Å². The Bertz CT molecular complexity index is 609. The molecular weight excluding hydrogens is 244 g/mol. The number of allylic oxidation sites excluding steroid dienone is 1. The molecule has 0 saturated heterocycles. The van der Waals surface area contributed by atoms with Gasteiger partial charge in [0, 0.05) is 18.4 Å². The van der Waals surface area contributed by atoms with Gasteiger partial charge in [-0.15, -0.1) is 0 Å². The molecule has 1 aromatic rings. The van der Waals surface area contributed by atoms with Gasteiger partial charge in [-0.05, 0) is 23.8 Å². The number of nitriles is 1. The predicted molar refractivity (Wildman–Crippen MR) is 61.5 cm³/mol. The number of non-ortho nitro benzene ring substituents is 1. The minimum Gasteiger partial charge on any atom is -0.258 e. The molecule has 0 aromatic heterocycles. The monoisotopic (exact) mass is 252 g/mol. The van der Waals surface area contributed by atoms with Crippen molar-refractivity contribution in [3.05, 3.63) is 44.8 Å². The van der Waals surface area contributed by atoms with Crippen molar-refractivity contribution in [2.24, 2.45) is 0 Å². The fourth-order valence-corrected chi connectivity index (χ4v) is 1.58. The number of nitro groups is 1. The first-order chi connectivity index (χ1) is 7.84. The van der Waals surface area contributed by atoms with E-state index in [-0.39, 0.29) is 10.6 Å². The van der Waals surface area contributed by atoms with E-state index in [1.165, 1.54) is 30.3 Å². The van der Waals surface area contributed by atoms with E-state index in [0.717, 1.165) is 6.26 Å². The average Bonchev–Trinajstić information content (AvgIpc) is 2.24. The molecule has 0 heterocycles. The van der Waals surface area contributed by atoms with Gasteiger partial charge in [-0.2, -0.15) is 5.26 Å². The fourth-order valence-electron chi connectivity index (χ4n) is 1.07. The fraction of sp³-hybridized carbons (Fsp3) is 0.100. The minimum atomic E-state index is -3.57. The van der Waals surface area contributed by atoms with Gasteiger partial charge in [-0.25, -0.2) is 8.42 Å². The van der Waals surface area contributed by atoms with Gasteiger partial charge in [0.25, 0.3) is 5.69 Å². The molecule has 88 valence electrons. The van der Waals surface area contributed by atoms with Crippen LogP contribution in [-0.2, 0) is 9.84 Å². The van der Waals surface area contributed by atoms with E-state index < -0.39 is 14.8 Å². The highest BCUT2D eigenvalue weighted by Crippen LogP contribution is 2.15. The number of sulfone groups is 1. The third-order valence-electron chi connectivity index (χ3n) is 1.91. The third-order valence-corrected chi connectivity index (χ3v) is 2.92. The highest BCUT2D eigenvalue weighted by Gasteiger charge is 2.10. The zero-order valence-electron chi connectivity index (χ0n) is 8.82. The van der Waals surface area contributed by atoms with Gasteiger partial charge in [0.05, 0.1) is 4.92 Å². The van der Waals surface area contributed by atoms with Crippen LogP contribution < -0.4 is 0 Å². The lowest BCUT2D eigenvalue weighted by Crippen LogP contribution is -1.98. The van der Waals surface area contributed by atoms with Crippen molar-refractivity contribution in [3.8, 4) is 6.07 Å². The highest BCUT2D eigenvalue weighted by molar-refractivity contribution is 7.95. The summed E-state index contributed by atoms with van der Waals surface area (Å²) >= 11 is 0. The summed E-state index contributed by atoms with van der Waals surface area (Å²) in [5.41, 5.74) is 0.317. The van der Waals surface area contributed by atoms with Crippen molar-refractivity contribution in [1.29, 1.82) is 5.26 Å². The standard InChI is InChI=1S/C10H8N2O4S/c1-17(15,16)10(7-11)6-8-2-4-9(5-3-8)12(13)14/h2-6H,1H3/b10-6+. The number of benzene rings is 1. The lowest BCUT2D eigenvalue weighted by molar-refractivity contribution is -0.384. The normalized spacial score (nSPS) is 11.9. The third kappa shape index (κ3) is 3.39. The second kappa shape index (κ2) is 4.76. The van der Waals surface area contributed by atoms with E-state index >= 15 is 0 Å². The molecule has 0 spiro atoms. The van der Waals surface area contributed by atoms with Crippen LogP contribution in [0, 0.1) is 21.4 Å². The first-order valence-corrected chi connectivity index (χ1v) is 6.30. The second-order valence-electron chi connectivity index (χ2n) is 3.24. The van der Waals surface area contributed by atoms with E-state index in [2.05, 4.69) is 0 Å². The zero-order valence-corrected chi connectivity index (χ0v) is 9.64. The van der Waals surface area contributed by atoms with Crippen LogP contribution in [0.25, 0.3) is 6.08 Å². The predicted octanol–water partition coefficient (Wildman–Crippen LogP) is 1.50. The highest BCUT2D eigenvalue weighted by atomic mass is 32.2. The molecule has 0 aliphatic carbocycles. The largest absolute Gasteiger partial charge is 0.269 e. The Morgan fingerprint density at radius 1 is 1.41 bits per heavy atom. The summed E-state index contributed by atoms with van der Waals surface area (Å²) in [5.74, 6) is 0. The number of hydrogen-bond donors (Lipinski definition) is 0. The van der Waals surface area contributed by atoms with Crippen LogP contribution in [0.2, 0.25) is 0 Å². The van der Waals surface area contributed by atoms with Crippen molar-refractivity contribution < 1.29 is 13.3 Å². The molecule has 0 atom stereocenters. The molecule has 0 saturated carbocycles. The lowest BCUT2D eigenvalue weighted by Gasteiger charge is -1.96. The Balaban J connectivity index is 3.16. The molecule has 0 aliphatic heterocycles. The number of nitrogens with zero attached hydrogens (tertiary/aromatic N) is 2. The molecule has 1 rings (SSSR count). The Morgan fingerprint density at radius 3 is 2.29 bits per heavy atom. The quantitative estimate of drug-likeness (QED) is 0.461. The number of hydrogen-bond acceptors (Lipinski definition) is 5. The van der Waals surface area contributed by atoms with E-state index in [1.54, 1.807) is 6.07 Å². The van der Waals surface area contributed by atoms with Gasteiger partial charge in [0.1, 0.15) is 11.0 Å². The lowest BCUT2D eigenvalue weighted by atomic mass is 10.2. The molecule has 7 heteroatoms. The van der Waals surface area contributed by atoms with Gasteiger partial charge in [0.2, 0.25) is 0 Å². The van der Waals surface area contributed by atoms with Crippen LogP contribution in [-0.4, -0.2) is 19.6 Å². The Labute approximate surface area is 97.9 Å². The van der Waals surface area contributed by atoms with E-state index in [9.17, 15) is 18.5 Å². The van der Waals surface area contributed by atoms with Crippen LogP contribution in [0.4, 0.5) is 5.69 Å². The molecule has 1 aromatic carbocycles. The summed E-state index contributed by atoms with van der Waals surface area (Å²) < 4.78 is 22.3. The summed E-state index contributed by atoms with van der Waals surface area (Å²) in [6.07, 6.45) is 2.09. The molecule has 0 unspecified atom stereocenters. The summed E-state index contributed by atoms with van der Waals surface area (Å²) in [4.78, 5) is 9.45. The van der Waals surface area contributed by atoms with Gasteiger partial charge in [-0.3, -0.25) is 10.1 Å². The molecule has 0 aliphatic rings. The molecule has 17 heavy (non-hydrogen) atoms. The van der Waals surface area contributed by atoms with Crippen LogP contribution in [0.1, 0.15) is 5.56 Å². The van der Waals surface area contributed by atoms with Crippen LogP contribution in [0.5, 0.6) is 0 Å². The summed E-state index contributed by atoms with van der Waals surface area (Å²) in [7, 11) is -3.57. The van der Waals surface area contributed by atoms with E-state index in [4.69, 9.17) is 5.26 Å². The molecule has 6 nitrogen and oxygen atoms in total. The van der Waals surface area contributed by atoms with Crippen LogP contribution >= 0.6 is 0 Å². The van der Waals surface area contributed by atoms with Gasteiger partial charge < -0.3 is 0 Å². The van der Waals surface area contributed by atoms with Crippen molar-refractivity contribution in [2.75, 3.05) is 6.26 Å². The number of rotatable bonds is 3.